The van der Waals surface area contributed by atoms with Gasteiger partial charge in [-0.3, -0.25) is 4.79 Å². The van der Waals surface area contributed by atoms with Crippen LogP contribution in [0.25, 0.3) is 11.1 Å². The van der Waals surface area contributed by atoms with Gasteiger partial charge in [-0.2, -0.15) is 0 Å². The van der Waals surface area contributed by atoms with Crippen LogP contribution in [0, 0.1) is 5.41 Å². The molecule has 0 spiro atoms. The van der Waals surface area contributed by atoms with Crippen LogP contribution in [0.5, 0.6) is 0 Å². The maximum atomic E-state index is 12.4. The van der Waals surface area contributed by atoms with Crippen molar-refractivity contribution in [2.24, 2.45) is 0 Å². The van der Waals surface area contributed by atoms with Crippen molar-refractivity contribution in [1.29, 1.82) is 5.41 Å². The minimum Gasteiger partial charge on any atom is -0.388 e. The number of benzene rings is 3. The molecule has 4 heteroatoms. The minimum atomic E-state index is -0.181. The van der Waals surface area contributed by atoms with E-state index in [1.54, 1.807) is 25.1 Å². The van der Waals surface area contributed by atoms with Crippen LogP contribution in [-0.2, 0) is 0 Å². The molecule has 0 saturated heterocycles. The summed E-state index contributed by atoms with van der Waals surface area (Å²) in [6.07, 6.45) is 0. The first-order chi connectivity index (χ1) is 12.6. The van der Waals surface area contributed by atoms with Crippen molar-refractivity contribution >= 4 is 23.0 Å². The Morgan fingerprint density at radius 2 is 1.35 bits per heavy atom. The van der Waals surface area contributed by atoms with Gasteiger partial charge in [-0.1, -0.05) is 36.4 Å². The van der Waals surface area contributed by atoms with Crippen molar-refractivity contribution in [2.75, 3.05) is 17.7 Å². The first-order valence-corrected chi connectivity index (χ1v) is 8.42. The first-order valence-electron chi connectivity index (χ1n) is 8.42. The molecule has 3 rings (SSSR count). The lowest BCUT2D eigenvalue weighted by atomic mass is 10.0. The molecule has 0 aliphatic carbocycles. The molecular formula is C22H21N3O. The minimum absolute atomic E-state index is 0.181. The monoisotopic (exact) mass is 343 g/mol. The fraction of sp³-hybridized carbons (Fsp3) is 0.0909. The highest BCUT2D eigenvalue weighted by molar-refractivity contribution is 6.06. The van der Waals surface area contributed by atoms with Crippen molar-refractivity contribution in [1.82, 2.24) is 0 Å². The number of amides is 1. The molecule has 0 unspecified atom stereocenters. The van der Waals surface area contributed by atoms with Crippen LogP contribution in [0.15, 0.2) is 72.8 Å². The molecule has 4 nitrogen and oxygen atoms in total. The summed E-state index contributed by atoms with van der Waals surface area (Å²) in [6, 6.07) is 23.0. The van der Waals surface area contributed by atoms with E-state index in [9.17, 15) is 4.79 Å². The van der Waals surface area contributed by atoms with Crippen molar-refractivity contribution in [3.8, 4) is 11.1 Å². The number of carbonyl (C=O) groups is 1. The molecule has 26 heavy (non-hydrogen) atoms. The van der Waals surface area contributed by atoms with Crippen molar-refractivity contribution in [3.05, 3.63) is 83.9 Å². The van der Waals surface area contributed by atoms with Gasteiger partial charge in [0.1, 0.15) is 0 Å². The van der Waals surface area contributed by atoms with E-state index in [1.807, 2.05) is 49.5 Å². The molecule has 1 amide bonds. The molecule has 0 heterocycles. The van der Waals surface area contributed by atoms with Gasteiger partial charge < -0.3 is 16.0 Å². The Kier molecular flexibility index (Phi) is 5.13. The van der Waals surface area contributed by atoms with Crippen LogP contribution in [0.4, 0.5) is 11.4 Å². The zero-order chi connectivity index (χ0) is 18.5. The Morgan fingerprint density at radius 1 is 0.808 bits per heavy atom. The second-order valence-corrected chi connectivity index (χ2v) is 6.06. The van der Waals surface area contributed by atoms with Gasteiger partial charge in [0.25, 0.3) is 5.91 Å². The number of carbonyl (C=O) groups excluding carboxylic acids is 1. The lowest BCUT2D eigenvalue weighted by molar-refractivity contribution is 0.102. The Morgan fingerprint density at radius 3 is 1.88 bits per heavy atom. The molecule has 0 aromatic heterocycles. The average molecular weight is 343 g/mol. The van der Waals surface area contributed by atoms with E-state index in [4.69, 9.17) is 5.41 Å². The highest BCUT2D eigenvalue weighted by Gasteiger charge is 2.08. The Balaban J connectivity index is 1.73. The third kappa shape index (κ3) is 3.98. The summed E-state index contributed by atoms with van der Waals surface area (Å²) in [5, 5.41) is 13.7. The molecule has 130 valence electrons. The van der Waals surface area contributed by atoms with E-state index < -0.39 is 0 Å². The smallest absolute Gasteiger partial charge is 0.255 e. The summed E-state index contributed by atoms with van der Waals surface area (Å²) in [5.74, 6) is -0.181. The van der Waals surface area contributed by atoms with Crippen LogP contribution in [-0.4, -0.2) is 18.7 Å². The lowest BCUT2D eigenvalue weighted by Gasteiger charge is -2.08. The van der Waals surface area contributed by atoms with E-state index in [1.165, 1.54) is 0 Å². The van der Waals surface area contributed by atoms with Crippen LogP contribution < -0.4 is 10.6 Å². The van der Waals surface area contributed by atoms with E-state index in [0.717, 1.165) is 28.1 Å². The standard InChI is InChI=1S/C22H21N3O/c1-15(23)18-4-3-5-19(14-18)22(26)25-21-12-8-17(9-13-21)16-6-10-20(24-2)11-7-16/h3-14,23-24H,1-2H3,(H,25,26). The van der Waals surface area contributed by atoms with Gasteiger partial charge in [0.15, 0.2) is 0 Å². The second-order valence-electron chi connectivity index (χ2n) is 6.06. The largest absolute Gasteiger partial charge is 0.388 e. The fourth-order valence-corrected chi connectivity index (χ4v) is 2.67. The molecule has 0 fully saturated rings. The Bertz CT molecular complexity index is 928. The van der Waals surface area contributed by atoms with Crippen LogP contribution in [0.2, 0.25) is 0 Å². The van der Waals surface area contributed by atoms with Crippen LogP contribution in [0.3, 0.4) is 0 Å². The quantitative estimate of drug-likeness (QED) is 0.569. The van der Waals surface area contributed by atoms with E-state index >= 15 is 0 Å². The number of hydrogen-bond donors (Lipinski definition) is 3. The molecule has 0 bridgehead atoms. The average Bonchev–Trinajstić information content (AvgIpc) is 2.68. The number of anilines is 2. The summed E-state index contributed by atoms with van der Waals surface area (Å²) in [4.78, 5) is 12.4. The third-order valence-electron chi connectivity index (χ3n) is 4.21. The molecule has 0 aliphatic rings. The number of nitrogens with one attached hydrogen (secondary N) is 3. The topological polar surface area (TPSA) is 65.0 Å². The fourth-order valence-electron chi connectivity index (χ4n) is 2.67. The first kappa shape index (κ1) is 17.4. The van der Waals surface area contributed by atoms with Crippen LogP contribution >= 0.6 is 0 Å². The summed E-state index contributed by atoms with van der Waals surface area (Å²) in [5.41, 5.74) is 5.75. The van der Waals surface area contributed by atoms with E-state index in [0.29, 0.717) is 11.3 Å². The molecule has 0 saturated carbocycles. The Labute approximate surface area is 153 Å². The van der Waals surface area contributed by atoms with Gasteiger partial charge >= 0.3 is 0 Å². The van der Waals surface area contributed by atoms with Gasteiger partial charge in [-0.05, 0) is 60.0 Å². The number of rotatable bonds is 5. The molecule has 0 radical (unpaired) electrons. The van der Waals surface area contributed by atoms with Crippen molar-refractivity contribution in [3.63, 3.8) is 0 Å². The van der Waals surface area contributed by atoms with Gasteiger partial charge in [-0.25, -0.2) is 0 Å². The second kappa shape index (κ2) is 7.66. The molecular weight excluding hydrogens is 322 g/mol. The van der Waals surface area contributed by atoms with Gasteiger partial charge in [0, 0.05) is 29.7 Å². The van der Waals surface area contributed by atoms with Gasteiger partial charge in [0.2, 0.25) is 0 Å². The van der Waals surface area contributed by atoms with E-state index in [2.05, 4.69) is 22.8 Å². The Hall–Kier alpha value is -3.40. The summed E-state index contributed by atoms with van der Waals surface area (Å²) in [7, 11) is 1.89. The van der Waals surface area contributed by atoms with Crippen molar-refractivity contribution in [2.45, 2.75) is 6.92 Å². The SMILES string of the molecule is CNc1ccc(-c2ccc(NC(=O)c3cccc(C(C)=N)c3)cc2)cc1. The van der Waals surface area contributed by atoms with Crippen molar-refractivity contribution < 1.29 is 4.79 Å². The van der Waals surface area contributed by atoms with Gasteiger partial charge in [0.05, 0.1) is 0 Å². The molecule has 3 aromatic carbocycles. The summed E-state index contributed by atoms with van der Waals surface area (Å²) in [6.45, 7) is 1.71. The maximum Gasteiger partial charge on any atom is 0.255 e. The van der Waals surface area contributed by atoms with E-state index in [-0.39, 0.29) is 5.91 Å². The summed E-state index contributed by atoms with van der Waals surface area (Å²) >= 11 is 0. The highest BCUT2D eigenvalue weighted by atomic mass is 16.1. The molecule has 3 N–H and O–H groups in total. The predicted molar refractivity (Wildman–Crippen MR) is 108 cm³/mol. The zero-order valence-corrected chi connectivity index (χ0v) is 14.8. The predicted octanol–water partition coefficient (Wildman–Crippen LogP) is 5.04. The number of hydrogen-bond acceptors (Lipinski definition) is 3. The molecule has 0 aliphatic heterocycles. The highest BCUT2D eigenvalue weighted by Crippen LogP contribution is 2.23. The van der Waals surface area contributed by atoms with Crippen LogP contribution in [0.1, 0.15) is 22.8 Å². The van der Waals surface area contributed by atoms with Gasteiger partial charge in [-0.15, -0.1) is 0 Å². The third-order valence-corrected chi connectivity index (χ3v) is 4.21. The summed E-state index contributed by atoms with van der Waals surface area (Å²) < 4.78 is 0. The zero-order valence-electron chi connectivity index (χ0n) is 14.8. The molecule has 0 atom stereocenters. The lowest BCUT2D eigenvalue weighted by Crippen LogP contribution is -2.12. The normalized spacial score (nSPS) is 10.2. The maximum absolute atomic E-state index is 12.4. The molecule has 3 aromatic rings.